The van der Waals surface area contributed by atoms with Gasteiger partial charge in [-0.25, -0.2) is 0 Å². The maximum Gasteiger partial charge on any atom is 0.0634 e. The molecule has 7 atom stereocenters. The molecule has 0 bridgehead atoms. The van der Waals surface area contributed by atoms with Crippen molar-refractivity contribution in [1.29, 1.82) is 0 Å². The van der Waals surface area contributed by atoms with Crippen LogP contribution in [0.15, 0.2) is 11.6 Å². The molecule has 0 radical (unpaired) electrons. The van der Waals surface area contributed by atoms with Crippen LogP contribution in [0.25, 0.3) is 0 Å². The summed E-state index contributed by atoms with van der Waals surface area (Å²) in [6, 6.07) is 0. The van der Waals surface area contributed by atoms with E-state index in [2.05, 4.69) is 40.7 Å². The molecule has 2 saturated carbocycles. The molecule has 1 aliphatic heterocycles. The Bertz CT molecular complexity index is 511. The Balaban J connectivity index is 1.47. The molecule has 1 heterocycles. The van der Waals surface area contributed by atoms with Crippen molar-refractivity contribution in [2.75, 3.05) is 6.61 Å². The second-order valence-electron chi connectivity index (χ2n) is 11.3. The van der Waals surface area contributed by atoms with Crippen LogP contribution in [0.1, 0.15) is 79.6 Å². The third-order valence-electron chi connectivity index (χ3n) is 8.15. The maximum absolute atomic E-state index is 6.63. The van der Waals surface area contributed by atoms with Crippen LogP contribution in [0.4, 0.5) is 0 Å². The van der Waals surface area contributed by atoms with Crippen LogP contribution in [0, 0.1) is 46.8 Å². The van der Waals surface area contributed by atoms with E-state index in [0.717, 1.165) is 48.0 Å². The summed E-state index contributed by atoms with van der Waals surface area (Å²) >= 11 is 0. The van der Waals surface area contributed by atoms with E-state index < -0.39 is 0 Å². The third-order valence-corrected chi connectivity index (χ3v) is 8.15. The summed E-state index contributed by atoms with van der Waals surface area (Å²) in [5, 5.41) is 0. The van der Waals surface area contributed by atoms with Crippen LogP contribution in [0.3, 0.4) is 0 Å². The summed E-state index contributed by atoms with van der Waals surface area (Å²) in [5.74, 6) is 6.06. The number of hydrogen-bond acceptors (Lipinski definition) is 1. The Kier molecular flexibility index (Phi) is 4.84. The van der Waals surface area contributed by atoms with Crippen molar-refractivity contribution >= 4 is 0 Å². The van der Waals surface area contributed by atoms with Crippen LogP contribution < -0.4 is 0 Å². The highest BCUT2D eigenvalue weighted by molar-refractivity contribution is 5.19. The first-order chi connectivity index (χ1) is 11.8. The molecule has 0 aromatic carbocycles. The zero-order valence-electron chi connectivity index (χ0n) is 17.3. The van der Waals surface area contributed by atoms with Gasteiger partial charge in [0.2, 0.25) is 0 Å². The maximum atomic E-state index is 6.63. The van der Waals surface area contributed by atoms with Gasteiger partial charge in [-0.05, 0) is 91.8 Å². The van der Waals surface area contributed by atoms with Gasteiger partial charge in [-0.3, -0.25) is 0 Å². The average Bonchev–Trinajstić information content (AvgIpc) is 2.95. The van der Waals surface area contributed by atoms with E-state index in [4.69, 9.17) is 4.74 Å². The first-order valence-electron chi connectivity index (χ1n) is 11.1. The molecule has 25 heavy (non-hydrogen) atoms. The lowest BCUT2D eigenvalue weighted by Crippen LogP contribution is -2.47. The molecule has 1 heteroatoms. The fraction of sp³-hybridized carbons (Fsp3) is 0.917. The molecule has 0 aromatic heterocycles. The third kappa shape index (κ3) is 3.47. The van der Waals surface area contributed by atoms with Crippen LogP contribution in [-0.2, 0) is 4.74 Å². The lowest BCUT2D eigenvalue weighted by atomic mass is 9.59. The monoisotopic (exact) mass is 344 g/mol. The van der Waals surface area contributed by atoms with E-state index >= 15 is 0 Å². The van der Waals surface area contributed by atoms with E-state index in [1.165, 1.54) is 44.9 Å². The molecule has 1 nitrogen and oxygen atoms in total. The summed E-state index contributed by atoms with van der Waals surface area (Å²) in [7, 11) is 0. The zero-order valence-corrected chi connectivity index (χ0v) is 17.3. The van der Waals surface area contributed by atoms with Crippen molar-refractivity contribution in [2.45, 2.75) is 85.7 Å². The van der Waals surface area contributed by atoms with Crippen molar-refractivity contribution in [2.24, 2.45) is 46.8 Å². The number of rotatable bonds is 2. The summed E-state index contributed by atoms with van der Waals surface area (Å²) in [4.78, 5) is 0. The predicted molar refractivity (Wildman–Crippen MR) is 105 cm³/mol. The van der Waals surface area contributed by atoms with Gasteiger partial charge in [0.05, 0.1) is 12.7 Å². The lowest BCUT2D eigenvalue weighted by molar-refractivity contribution is -0.114. The number of allylic oxidation sites excluding steroid dienone is 2. The smallest absolute Gasteiger partial charge is 0.0634 e. The van der Waals surface area contributed by atoms with Crippen molar-refractivity contribution in [1.82, 2.24) is 0 Å². The predicted octanol–water partition coefficient (Wildman–Crippen LogP) is 6.48. The van der Waals surface area contributed by atoms with E-state index in [0.29, 0.717) is 11.5 Å². The van der Waals surface area contributed by atoms with Gasteiger partial charge in [-0.2, -0.15) is 0 Å². The molecule has 7 unspecified atom stereocenters. The minimum absolute atomic E-state index is 0.439. The molecule has 0 aromatic rings. The van der Waals surface area contributed by atoms with Gasteiger partial charge < -0.3 is 4.74 Å². The highest BCUT2D eigenvalue weighted by Crippen LogP contribution is 2.55. The number of hydrogen-bond donors (Lipinski definition) is 0. The van der Waals surface area contributed by atoms with Crippen LogP contribution in [0.2, 0.25) is 0 Å². The number of ether oxygens (including phenoxy) is 1. The highest BCUT2D eigenvalue weighted by Gasteiger charge is 2.51. The van der Waals surface area contributed by atoms with Gasteiger partial charge in [-0.1, -0.05) is 46.3 Å². The molecular formula is C24H40O. The Labute approximate surface area is 156 Å². The molecule has 0 spiro atoms. The van der Waals surface area contributed by atoms with Crippen molar-refractivity contribution in [3.63, 3.8) is 0 Å². The molecule has 3 aliphatic carbocycles. The Morgan fingerprint density at radius 1 is 1.04 bits per heavy atom. The summed E-state index contributed by atoms with van der Waals surface area (Å²) < 4.78 is 6.63. The average molecular weight is 345 g/mol. The molecule has 1 saturated heterocycles. The topological polar surface area (TPSA) is 9.23 Å². The summed E-state index contributed by atoms with van der Waals surface area (Å²) in [6.07, 6.45) is 13.1. The minimum atomic E-state index is 0.439. The summed E-state index contributed by atoms with van der Waals surface area (Å²) in [6.45, 7) is 13.1. The molecular weight excluding hydrogens is 304 g/mol. The SMILES string of the molecule is CC(C)C1CCC2C(=CCC3C2COC2C(CC(C)(C)C)CCC32)C1. The summed E-state index contributed by atoms with van der Waals surface area (Å²) in [5.41, 5.74) is 2.26. The quantitative estimate of drug-likeness (QED) is 0.521. The largest absolute Gasteiger partial charge is 0.377 e. The van der Waals surface area contributed by atoms with Crippen LogP contribution >= 0.6 is 0 Å². The fourth-order valence-corrected chi connectivity index (χ4v) is 6.95. The molecule has 0 N–H and O–H groups in total. The van der Waals surface area contributed by atoms with Crippen molar-refractivity contribution in [3.8, 4) is 0 Å². The lowest BCUT2D eigenvalue weighted by Gasteiger charge is -2.50. The molecule has 0 amide bonds. The first kappa shape index (κ1) is 18.1. The second kappa shape index (κ2) is 6.70. The van der Waals surface area contributed by atoms with E-state index in [1.807, 2.05) is 5.57 Å². The highest BCUT2D eigenvalue weighted by atomic mass is 16.5. The molecule has 3 fully saturated rings. The van der Waals surface area contributed by atoms with Gasteiger partial charge in [-0.15, -0.1) is 0 Å². The second-order valence-corrected chi connectivity index (χ2v) is 11.3. The van der Waals surface area contributed by atoms with Crippen molar-refractivity contribution in [3.05, 3.63) is 11.6 Å². The van der Waals surface area contributed by atoms with E-state index in [9.17, 15) is 0 Å². The Hall–Kier alpha value is -0.300. The van der Waals surface area contributed by atoms with Gasteiger partial charge in [0.15, 0.2) is 0 Å². The number of fused-ring (bicyclic) bond motifs is 5. The van der Waals surface area contributed by atoms with Crippen LogP contribution in [0.5, 0.6) is 0 Å². The first-order valence-corrected chi connectivity index (χ1v) is 11.1. The standard InChI is InChI=1S/C24H40O/c1-15(2)16-6-9-19-17(12-16)7-10-20-21-11-8-18(13-24(3,4)5)23(21)25-14-22(19)20/h7,15-16,18-23H,6,8-14H2,1-5H3. The fourth-order valence-electron chi connectivity index (χ4n) is 6.95. The molecule has 4 rings (SSSR count). The van der Waals surface area contributed by atoms with Crippen molar-refractivity contribution < 1.29 is 4.74 Å². The normalized spacial score (nSPS) is 44.1. The Morgan fingerprint density at radius 3 is 2.56 bits per heavy atom. The van der Waals surface area contributed by atoms with Gasteiger partial charge in [0, 0.05) is 0 Å². The van der Waals surface area contributed by atoms with E-state index in [1.54, 1.807) is 0 Å². The Morgan fingerprint density at radius 2 is 1.84 bits per heavy atom. The zero-order chi connectivity index (χ0) is 17.8. The minimum Gasteiger partial charge on any atom is -0.377 e. The van der Waals surface area contributed by atoms with Crippen LogP contribution in [-0.4, -0.2) is 12.7 Å². The molecule has 4 aliphatic rings. The molecule has 142 valence electrons. The van der Waals surface area contributed by atoms with E-state index in [-0.39, 0.29) is 0 Å². The van der Waals surface area contributed by atoms with Gasteiger partial charge in [0.25, 0.3) is 0 Å². The van der Waals surface area contributed by atoms with Gasteiger partial charge >= 0.3 is 0 Å². The van der Waals surface area contributed by atoms with Gasteiger partial charge in [0.1, 0.15) is 0 Å².